The van der Waals surface area contributed by atoms with Crippen molar-refractivity contribution in [2.75, 3.05) is 14.2 Å². The van der Waals surface area contributed by atoms with Crippen LogP contribution in [0, 0.1) is 0 Å². The van der Waals surface area contributed by atoms with Crippen LogP contribution in [0.15, 0.2) is 111 Å². The summed E-state index contributed by atoms with van der Waals surface area (Å²) in [5.41, 5.74) is 1.66. The Bertz CT molecular complexity index is 500. The molecule has 2 nitrogen and oxygen atoms in total. The van der Waals surface area contributed by atoms with Crippen LogP contribution in [0.2, 0.25) is 0 Å². The molecule has 0 saturated heterocycles. The monoisotopic (exact) mass is 298 g/mol. The smallest absolute Gasteiger partial charge is 0.111 e. The number of rotatable bonds is 9. The average molecular weight is 298 g/mol. The molecule has 0 aliphatic carbocycles. The quantitative estimate of drug-likeness (QED) is 0.416. The maximum absolute atomic E-state index is 4.88. The van der Waals surface area contributed by atoms with Crippen molar-refractivity contribution < 1.29 is 9.47 Å². The van der Waals surface area contributed by atoms with Crippen LogP contribution >= 0.6 is 0 Å². The van der Waals surface area contributed by atoms with Crippen LogP contribution in [0.3, 0.4) is 0 Å². The Hall–Kier alpha value is -2.74. The number of ether oxygens (including phenoxy) is 2. The van der Waals surface area contributed by atoms with Crippen molar-refractivity contribution in [2.45, 2.75) is 0 Å². The first-order valence-corrected chi connectivity index (χ1v) is 6.53. The van der Waals surface area contributed by atoms with Gasteiger partial charge in [-0.3, -0.25) is 0 Å². The van der Waals surface area contributed by atoms with Crippen molar-refractivity contribution in [3.05, 3.63) is 111 Å². The summed E-state index contributed by atoms with van der Waals surface area (Å²) < 4.78 is 9.60. The summed E-state index contributed by atoms with van der Waals surface area (Å²) in [6.45, 7) is 21.9. The molecule has 0 unspecified atom stereocenters. The molecule has 0 N–H and O–H groups in total. The third kappa shape index (κ3) is 13.7. The van der Waals surface area contributed by atoms with E-state index in [9.17, 15) is 0 Å². The van der Waals surface area contributed by atoms with Crippen molar-refractivity contribution in [1.29, 1.82) is 0 Å². The van der Waals surface area contributed by atoms with Crippen LogP contribution in [-0.2, 0) is 9.47 Å². The first-order chi connectivity index (χ1) is 10.4. The normalized spacial score (nSPS) is 9.91. The van der Waals surface area contributed by atoms with Gasteiger partial charge in [0.1, 0.15) is 11.5 Å². The molecule has 22 heavy (non-hydrogen) atoms. The van der Waals surface area contributed by atoms with E-state index in [2.05, 4.69) is 39.5 Å². The minimum Gasteiger partial charge on any atom is -0.497 e. The van der Waals surface area contributed by atoms with Crippen molar-refractivity contribution in [3.8, 4) is 0 Å². The zero-order valence-corrected chi connectivity index (χ0v) is 13.7. The Morgan fingerprint density at radius 1 is 0.636 bits per heavy atom. The lowest BCUT2D eigenvalue weighted by atomic mass is 10.1. The molecule has 0 aromatic rings. The summed E-state index contributed by atoms with van der Waals surface area (Å²) in [7, 11) is 3.15. The fourth-order valence-corrected chi connectivity index (χ4v) is 0.903. The maximum atomic E-state index is 4.88. The highest BCUT2D eigenvalue weighted by Gasteiger charge is 1.91. The Morgan fingerprint density at radius 3 is 1.50 bits per heavy atom. The van der Waals surface area contributed by atoms with E-state index in [0.29, 0.717) is 11.5 Å². The van der Waals surface area contributed by atoms with Gasteiger partial charge in [-0.15, -0.1) is 0 Å². The van der Waals surface area contributed by atoms with E-state index in [-0.39, 0.29) is 0 Å². The molecule has 0 fully saturated rings. The predicted molar refractivity (Wildman–Crippen MR) is 98.4 cm³/mol. The third-order valence-corrected chi connectivity index (χ3v) is 2.26. The van der Waals surface area contributed by atoms with Crippen LogP contribution in [0.25, 0.3) is 0 Å². The van der Waals surface area contributed by atoms with Crippen LogP contribution < -0.4 is 0 Å². The van der Waals surface area contributed by atoms with Gasteiger partial charge in [-0.25, -0.2) is 0 Å². The van der Waals surface area contributed by atoms with E-state index in [1.165, 1.54) is 0 Å². The maximum Gasteiger partial charge on any atom is 0.111 e. The highest BCUT2D eigenvalue weighted by atomic mass is 16.5. The van der Waals surface area contributed by atoms with E-state index >= 15 is 0 Å². The van der Waals surface area contributed by atoms with E-state index in [0.717, 1.165) is 11.1 Å². The van der Waals surface area contributed by atoms with Gasteiger partial charge in [0.05, 0.1) is 14.2 Å². The van der Waals surface area contributed by atoms with Gasteiger partial charge in [0.15, 0.2) is 0 Å². The molecular formula is C20H26O2. The second-order valence-corrected chi connectivity index (χ2v) is 3.91. The largest absolute Gasteiger partial charge is 0.497 e. The van der Waals surface area contributed by atoms with Gasteiger partial charge in [-0.1, -0.05) is 75.9 Å². The van der Waals surface area contributed by atoms with Crippen LogP contribution in [0.4, 0.5) is 0 Å². The summed E-state index contributed by atoms with van der Waals surface area (Å²) in [5.74, 6) is 1.23. The second kappa shape index (κ2) is 14.7. The summed E-state index contributed by atoms with van der Waals surface area (Å²) in [6, 6.07) is 0. The Balaban J connectivity index is 0. The summed E-state index contributed by atoms with van der Waals surface area (Å²) >= 11 is 0. The molecule has 0 heterocycles. The van der Waals surface area contributed by atoms with Crippen molar-refractivity contribution in [2.24, 2.45) is 0 Å². The Kier molecular flexibility index (Phi) is 14.4. The standard InChI is InChI=1S/C13H16O.C7H10O/c1-6-7-8-11(2)12(3)9-10-13(4)14-5;1-4-5-6-7(2)8-3/h6-10H,1-4H2,5H3;4-6H,1-2H2,3H3/b8-7-,10-9-;6-5-. The van der Waals surface area contributed by atoms with Crippen molar-refractivity contribution in [1.82, 2.24) is 0 Å². The third-order valence-electron chi connectivity index (χ3n) is 2.26. The summed E-state index contributed by atoms with van der Waals surface area (Å²) in [4.78, 5) is 0. The second-order valence-electron chi connectivity index (χ2n) is 3.91. The van der Waals surface area contributed by atoms with Gasteiger partial charge in [-0.05, 0) is 23.3 Å². The van der Waals surface area contributed by atoms with Gasteiger partial charge in [0.2, 0.25) is 0 Å². The lowest BCUT2D eigenvalue weighted by Crippen LogP contribution is -1.81. The van der Waals surface area contributed by atoms with Crippen LogP contribution in [0.1, 0.15) is 0 Å². The predicted octanol–water partition coefficient (Wildman–Crippen LogP) is 5.45. The Labute approximate surface area is 135 Å². The lowest BCUT2D eigenvalue weighted by molar-refractivity contribution is 0.308. The SMILES string of the molecule is C=C/C=C\C(=C)C(=C)/C=C\C(=C)OC.C=C/C=C\C(=C)OC. The lowest BCUT2D eigenvalue weighted by Gasteiger charge is -1.99. The first-order valence-electron chi connectivity index (χ1n) is 6.53. The minimum atomic E-state index is 0.589. The van der Waals surface area contributed by atoms with Gasteiger partial charge >= 0.3 is 0 Å². The molecule has 0 aliphatic rings. The highest BCUT2D eigenvalue weighted by molar-refractivity contribution is 5.44. The van der Waals surface area contributed by atoms with Gasteiger partial charge < -0.3 is 9.47 Å². The Morgan fingerprint density at radius 2 is 1.05 bits per heavy atom. The fourth-order valence-electron chi connectivity index (χ4n) is 0.903. The molecule has 0 amide bonds. The molecular weight excluding hydrogens is 272 g/mol. The molecule has 2 heteroatoms. The molecule has 0 rings (SSSR count). The number of allylic oxidation sites excluding steroid dienone is 10. The fraction of sp³-hybridized carbons (Fsp3) is 0.100. The minimum absolute atomic E-state index is 0.589. The van der Waals surface area contributed by atoms with Gasteiger partial charge in [0, 0.05) is 0 Å². The van der Waals surface area contributed by atoms with E-state index in [1.54, 1.807) is 44.6 Å². The van der Waals surface area contributed by atoms with E-state index in [1.807, 2.05) is 18.2 Å². The van der Waals surface area contributed by atoms with Crippen LogP contribution in [-0.4, -0.2) is 14.2 Å². The van der Waals surface area contributed by atoms with E-state index < -0.39 is 0 Å². The molecule has 118 valence electrons. The molecule has 0 spiro atoms. The zero-order valence-electron chi connectivity index (χ0n) is 13.7. The van der Waals surface area contributed by atoms with E-state index in [4.69, 9.17) is 9.47 Å². The molecule has 0 aromatic carbocycles. The highest BCUT2D eigenvalue weighted by Crippen LogP contribution is 2.09. The molecule has 0 saturated carbocycles. The van der Waals surface area contributed by atoms with Crippen molar-refractivity contribution >= 4 is 0 Å². The topological polar surface area (TPSA) is 18.5 Å². The molecule has 0 bridgehead atoms. The number of hydrogen-bond acceptors (Lipinski definition) is 2. The van der Waals surface area contributed by atoms with Gasteiger partial charge in [0.25, 0.3) is 0 Å². The summed E-state index contributed by atoms with van der Waals surface area (Å²) in [5, 5.41) is 0. The first kappa shape index (κ1) is 21.6. The molecule has 0 aliphatic heterocycles. The number of methoxy groups -OCH3 is 2. The zero-order chi connectivity index (χ0) is 17.4. The number of hydrogen-bond donors (Lipinski definition) is 0. The van der Waals surface area contributed by atoms with Crippen molar-refractivity contribution in [3.63, 3.8) is 0 Å². The van der Waals surface area contributed by atoms with Crippen LogP contribution in [0.5, 0.6) is 0 Å². The molecule has 0 aromatic heterocycles. The molecule has 0 atom stereocenters. The summed E-state index contributed by atoms with van der Waals surface area (Å²) in [6.07, 6.45) is 14.1. The average Bonchev–Trinajstić information content (AvgIpc) is 2.55. The van der Waals surface area contributed by atoms with Gasteiger partial charge in [-0.2, -0.15) is 0 Å². The molecule has 0 radical (unpaired) electrons.